The number of halogens is 2. The Morgan fingerprint density at radius 1 is 1.57 bits per heavy atom. The zero-order chi connectivity index (χ0) is 10.7. The van der Waals surface area contributed by atoms with Crippen LogP contribution in [0, 0.1) is 0 Å². The minimum Gasteiger partial charge on any atom is -0.398 e. The summed E-state index contributed by atoms with van der Waals surface area (Å²) in [5, 5.41) is 0. The van der Waals surface area contributed by atoms with Crippen molar-refractivity contribution in [2.24, 2.45) is 5.73 Å². The number of carbonyl (C=O) groups is 1. The Kier molecular flexibility index (Phi) is 3.08. The Balaban J connectivity index is 3.35. The zero-order valence-electron chi connectivity index (χ0n) is 7.21. The van der Waals surface area contributed by atoms with E-state index in [0.29, 0.717) is 6.29 Å². The largest absolute Gasteiger partial charge is 0.398 e. The van der Waals surface area contributed by atoms with Crippen LogP contribution in [0.3, 0.4) is 0 Å². The van der Waals surface area contributed by atoms with Crippen LogP contribution in [-0.2, 0) is 6.54 Å². The van der Waals surface area contributed by atoms with Gasteiger partial charge in [-0.15, -0.1) is 0 Å². The Hall–Kier alpha value is -1.56. The molecule has 0 aliphatic rings. The first-order valence-electron chi connectivity index (χ1n) is 3.82. The first-order valence-corrected chi connectivity index (χ1v) is 3.82. The first-order chi connectivity index (χ1) is 6.61. The van der Waals surface area contributed by atoms with Crippen molar-refractivity contribution >= 4 is 12.0 Å². The fourth-order valence-electron chi connectivity index (χ4n) is 1.10. The predicted molar refractivity (Wildman–Crippen MR) is 46.9 cm³/mol. The molecule has 6 heteroatoms. The molecule has 0 fully saturated rings. The van der Waals surface area contributed by atoms with Crippen molar-refractivity contribution in [3.63, 3.8) is 0 Å². The van der Waals surface area contributed by atoms with E-state index in [1.807, 2.05) is 0 Å². The van der Waals surface area contributed by atoms with E-state index in [2.05, 4.69) is 4.98 Å². The Bertz CT molecular complexity index is 355. The third kappa shape index (κ3) is 1.69. The van der Waals surface area contributed by atoms with Crippen LogP contribution in [0.15, 0.2) is 6.20 Å². The Morgan fingerprint density at radius 3 is 2.64 bits per heavy atom. The van der Waals surface area contributed by atoms with Crippen LogP contribution in [-0.4, -0.2) is 11.3 Å². The van der Waals surface area contributed by atoms with E-state index in [1.54, 1.807) is 0 Å². The molecule has 0 spiro atoms. The number of hydrogen-bond donors (Lipinski definition) is 2. The number of aromatic nitrogens is 1. The molecule has 0 aliphatic carbocycles. The maximum absolute atomic E-state index is 12.4. The topological polar surface area (TPSA) is 82.0 Å². The third-order valence-electron chi connectivity index (χ3n) is 1.83. The molecule has 1 rings (SSSR count). The van der Waals surface area contributed by atoms with Gasteiger partial charge in [0.15, 0.2) is 6.29 Å². The summed E-state index contributed by atoms with van der Waals surface area (Å²) >= 11 is 0. The Labute approximate surface area is 78.9 Å². The molecule has 76 valence electrons. The number of pyridine rings is 1. The van der Waals surface area contributed by atoms with Crippen molar-refractivity contribution in [3.8, 4) is 0 Å². The van der Waals surface area contributed by atoms with E-state index in [9.17, 15) is 13.6 Å². The van der Waals surface area contributed by atoms with Gasteiger partial charge in [0.25, 0.3) is 6.43 Å². The van der Waals surface area contributed by atoms with Crippen LogP contribution in [0.25, 0.3) is 0 Å². The number of nitrogens with zero attached hydrogens (tertiary/aromatic N) is 1. The molecule has 0 saturated heterocycles. The van der Waals surface area contributed by atoms with E-state index >= 15 is 0 Å². The SMILES string of the molecule is NCc1c(C(F)F)ncc(C=O)c1N. The van der Waals surface area contributed by atoms with Gasteiger partial charge in [-0.05, 0) is 0 Å². The van der Waals surface area contributed by atoms with Crippen LogP contribution in [0.4, 0.5) is 14.5 Å². The summed E-state index contributed by atoms with van der Waals surface area (Å²) in [7, 11) is 0. The lowest BCUT2D eigenvalue weighted by atomic mass is 10.1. The van der Waals surface area contributed by atoms with Gasteiger partial charge in [0.2, 0.25) is 0 Å². The second-order valence-electron chi connectivity index (χ2n) is 2.61. The smallest absolute Gasteiger partial charge is 0.280 e. The number of nitrogens with two attached hydrogens (primary N) is 2. The molecule has 1 aromatic rings. The average molecular weight is 201 g/mol. The highest BCUT2D eigenvalue weighted by Gasteiger charge is 2.17. The molecule has 1 aromatic heterocycles. The lowest BCUT2D eigenvalue weighted by Crippen LogP contribution is -2.10. The lowest BCUT2D eigenvalue weighted by molar-refractivity contribution is 0.112. The first kappa shape index (κ1) is 10.5. The number of rotatable bonds is 3. The van der Waals surface area contributed by atoms with Crippen molar-refractivity contribution < 1.29 is 13.6 Å². The monoisotopic (exact) mass is 201 g/mol. The molecule has 4 N–H and O–H groups in total. The summed E-state index contributed by atoms with van der Waals surface area (Å²) in [4.78, 5) is 13.9. The summed E-state index contributed by atoms with van der Waals surface area (Å²) in [6.07, 6.45) is -1.27. The van der Waals surface area contributed by atoms with Crippen molar-refractivity contribution in [1.29, 1.82) is 0 Å². The van der Waals surface area contributed by atoms with Crippen molar-refractivity contribution in [2.75, 3.05) is 5.73 Å². The van der Waals surface area contributed by atoms with Gasteiger partial charge in [0.05, 0.1) is 11.3 Å². The van der Waals surface area contributed by atoms with E-state index < -0.39 is 12.1 Å². The summed E-state index contributed by atoms with van der Waals surface area (Å²) in [6, 6.07) is 0. The molecule has 0 aliphatic heterocycles. The van der Waals surface area contributed by atoms with Gasteiger partial charge >= 0.3 is 0 Å². The van der Waals surface area contributed by atoms with E-state index in [4.69, 9.17) is 11.5 Å². The van der Waals surface area contributed by atoms with Crippen LogP contribution in [0.1, 0.15) is 28.0 Å². The predicted octanol–water partition coefficient (Wildman–Crippen LogP) is 0.873. The third-order valence-corrected chi connectivity index (χ3v) is 1.83. The molecule has 0 aromatic carbocycles. The number of hydrogen-bond acceptors (Lipinski definition) is 4. The van der Waals surface area contributed by atoms with Gasteiger partial charge in [-0.1, -0.05) is 0 Å². The maximum atomic E-state index is 12.4. The number of alkyl halides is 2. The molecule has 14 heavy (non-hydrogen) atoms. The van der Waals surface area contributed by atoms with E-state index in [-0.39, 0.29) is 23.4 Å². The second kappa shape index (κ2) is 4.10. The van der Waals surface area contributed by atoms with Crippen molar-refractivity contribution in [1.82, 2.24) is 4.98 Å². The normalized spacial score (nSPS) is 10.6. The Morgan fingerprint density at radius 2 is 2.21 bits per heavy atom. The van der Waals surface area contributed by atoms with Crippen molar-refractivity contribution in [2.45, 2.75) is 13.0 Å². The average Bonchev–Trinajstić information content (AvgIpc) is 2.17. The number of nitrogen functional groups attached to an aromatic ring is 1. The van der Waals surface area contributed by atoms with Gasteiger partial charge in [0, 0.05) is 18.3 Å². The number of carbonyl (C=O) groups excluding carboxylic acids is 1. The molecule has 1 heterocycles. The fraction of sp³-hybridized carbons (Fsp3) is 0.250. The molecule has 0 atom stereocenters. The highest BCUT2D eigenvalue weighted by molar-refractivity contribution is 5.84. The molecule has 0 radical (unpaired) electrons. The number of anilines is 1. The van der Waals surface area contributed by atoms with Gasteiger partial charge in [-0.2, -0.15) is 0 Å². The van der Waals surface area contributed by atoms with Crippen LogP contribution < -0.4 is 11.5 Å². The second-order valence-corrected chi connectivity index (χ2v) is 2.61. The molecule has 4 nitrogen and oxygen atoms in total. The van der Waals surface area contributed by atoms with Crippen LogP contribution in [0.2, 0.25) is 0 Å². The van der Waals surface area contributed by atoms with Gasteiger partial charge < -0.3 is 11.5 Å². The standard InChI is InChI=1S/C8H9F2N3O/c9-8(10)7-5(1-11)6(12)4(3-14)2-13-7/h2-3,8H,1,11H2,(H2,12,13). The number of aldehydes is 1. The minimum atomic E-state index is -2.74. The van der Waals surface area contributed by atoms with Crippen molar-refractivity contribution in [3.05, 3.63) is 23.0 Å². The molecule has 0 bridgehead atoms. The summed E-state index contributed by atoms with van der Waals surface area (Å²) in [6.45, 7) is -0.166. The van der Waals surface area contributed by atoms with E-state index in [1.165, 1.54) is 0 Å². The molecule has 0 saturated carbocycles. The molecular formula is C8H9F2N3O. The quantitative estimate of drug-likeness (QED) is 0.711. The van der Waals surface area contributed by atoms with Gasteiger partial charge in [0.1, 0.15) is 5.69 Å². The van der Waals surface area contributed by atoms with E-state index in [0.717, 1.165) is 6.20 Å². The molecule has 0 amide bonds. The summed E-state index contributed by atoms with van der Waals surface area (Å²) in [5.74, 6) is 0. The highest BCUT2D eigenvalue weighted by atomic mass is 19.3. The maximum Gasteiger partial charge on any atom is 0.280 e. The van der Waals surface area contributed by atoms with Gasteiger partial charge in [-0.25, -0.2) is 8.78 Å². The van der Waals surface area contributed by atoms with Gasteiger partial charge in [-0.3, -0.25) is 9.78 Å². The summed E-state index contributed by atoms with van der Waals surface area (Å²) < 4.78 is 24.7. The fourth-order valence-corrected chi connectivity index (χ4v) is 1.10. The van der Waals surface area contributed by atoms with Crippen LogP contribution >= 0.6 is 0 Å². The zero-order valence-corrected chi connectivity index (χ0v) is 7.21. The minimum absolute atomic E-state index is 0.0206. The highest BCUT2D eigenvalue weighted by Crippen LogP contribution is 2.26. The molecule has 0 unspecified atom stereocenters. The lowest BCUT2D eigenvalue weighted by Gasteiger charge is -2.10. The van der Waals surface area contributed by atoms with Crippen LogP contribution in [0.5, 0.6) is 0 Å². The molecular weight excluding hydrogens is 192 g/mol. The summed E-state index contributed by atoms with van der Waals surface area (Å²) in [5.41, 5.74) is 10.3.